The fraction of sp³-hybridized carbons (Fsp3) is 0.625. The molecular weight excluding hydrogens is 266 g/mol. The second-order valence-corrected chi connectivity index (χ2v) is 6.10. The number of ether oxygens (including phenoxy) is 1. The van der Waals surface area contributed by atoms with Gasteiger partial charge in [0, 0.05) is 6.54 Å². The number of esters is 1. The summed E-state index contributed by atoms with van der Waals surface area (Å²) in [6.07, 6.45) is 7.91. The van der Waals surface area contributed by atoms with Crippen LogP contribution in [-0.4, -0.2) is 24.1 Å². The van der Waals surface area contributed by atoms with E-state index in [2.05, 4.69) is 17.2 Å². The minimum absolute atomic E-state index is 0.311. The van der Waals surface area contributed by atoms with Gasteiger partial charge in [-0.05, 0) is 31.2 Å². The molecule has 5 nitrogen and oxygen atoms in total. The summed E-state index contributed by atoms with van der Waals surface area (Å²) in [5.74, 6) is 0.281. The summed E-state index contributed by atoms with van der Waals surface area (Å²) in [5, 5.41) is 3.35. The summed E-state index contributed by atoms with van der Waals surface area (Å²) < 4.78 is 5.00. The number of hydrogen-bond donors (Lipinski definition) is 2. The van der Waals surface area contributed by atoms with Crippen LogP contribution in [0.1, 0.15) is 56.3 Å². The van der Waals surface area contributed by atoms with Gasteiger partial charge in [0.1, 0.15) is 5.82 Å². The monoisotopic (exact) mass is 291 g/mol. The van der Waals surface area contributed by atoms with Crippen molar-refractivity contribution < 1.29 is 9.53 Å². The molecule has 0 atom stereocenters. The molecule has 1 aromatic heterocycles. The molecule has 0 unspecified atom stereocenters. The van der Waals surface area contributed by atoms with Crippen molar-refractivity contribution in [2.45, 2.75) is 46.0 Å². The summed E-state index contributed by atoms with van der Waals surface area (Å²) >= 11 is 0. The largest absolute Gasteiger partial charge is 0.462 e. The zero-order valence-electron chi connectivity index (χ0n) is 12.9. The molecule has 1 aliphatic rings. The molecule has 0 amide bonds. The average Bonchev–Trinajstić information content (AvgIpc) is 2.47. The van der Waals surface area contributed by atoms with Crippen LogP contribution in [0, 0.1) is 5.41 Å². The number of carbonyl (C=O) groups excluding carboxylic acids is 1. The van der Waals surface area contributed by atoms with Crippen LogP contribution in [0.15, 0.2) is 12.3 Å². The van der Waals surface area contributed by atoms with E-state index in [1.807, 2.05) is 0 Å². The highest BCUT2D eigenvalue weighted by Gasteiger charge is 2.26. The van der Waals surface area contributed by atoms with Crippen LogP contribution in [-0.2, 0) is 4.74 Å². The molecule has 21 heavy (non-hydrogen) atoms. The molecule has 1 aromatic rings. The van der Waals surface area contributed by atoms with Gasteiger partial charge in [-0.25, -0.2) is 9.78 Å². The quantitative estimate of drug-likeness (QED) is 0.814. The van der Waals surface area contributed by atoms with Crippen molar-refractivity contribution in [3.8, 4) is 0 Å². The lowest BCUT2D eigenvalue weighted by molar-refractivity contribution is 0.0527. The third kappa shape index (κ3) is 4.09. The van der Waals surface area contributed by atoms with Crippen molar-refractivity contribution in [1.82, 2.24) is 4.98 Å². The molecule has 0 aliphatic heterocycles. The standard InChI is InChI=1S/C16H25N3O2/c1-3-21-15(20)12-9-14(18-10-13(12)17)19-11-16(2)7-5-4-6-8-16/h9-10H,3-8,11,17H2,1-2H3,(H,18,19). The van der Waals surface area contributed by atoms with Gasteiger partial charge in [0.15, 0.2) is 0 Å². The number of carbonyl (C=O) groups is 1. The first-order valence-electron chi connectivity index (χ1n) is 7.70. The van der Waals surface area contributed by atoms with E-state index < -0.39 is 5.97 Å². The van der Waals surface area contributed by atoms with Crippen molar-refractivity contribution in [1.29, 1.82) is 0 Å². The average molecular weight is 291 g/mol. The minimum atomic E-state index is -0.399. The summed E-state index contributed by atoms with van der Waals surface area (Å²) in [7, 11) is 0. The molecule has 1 saturated carbocycles. The molecule has 0 radical (unpaired) electrons. The van der Waals surface area contributed by atoms with Crippen molar-refractivity contribution in [3.63, 3.8) is 0 Å². The fourth-order valence-corrected chi connectivity index (χ4v) is 2.83. The predicted molar refractivity (Wildman–Crippen MR) is 84.3 cm³/mol. The van der Waals surface area contributed by atoms with Crippen molar-refractivity contribution in [2.75, 3.05) is 24.2 Å². The first kappa shape index (κ1) is 15.6. The number of nitrogens with one attached hydrogen (secondary N) is 1. The Kier molecular flexibility index (Phi) is 5.04. The van der Waals surface area contributed by atoms with Gasteiger partial charge in [-0.2, -0.15) is 0 Å². The second-order valence-electron chi connectivity index (χ2n) is 6.10. The smallest absolute Gasteiger partial charge is 0.340 e. The molecule has 3 N–H and O–H groups in total. The normalized spacial score (nSPS) is 17.2. The van der Waals surface area contributed by atoms with Crippen LogP contribution in [0.5, 0.6) is 0 Å². The van der Waals surface area contributed by atoms with Crippen LogP contribution >= 0.6 is 0 Å². The van der Waals surface area contributed by atoms with Gasteiger partial charge >= 0.3 is 5.97 Å². The van der Waals surface area contributed by atoms with E-state index >= 15 is 0 Å². The molecule has 1 aliphatic carbocycles. The predicted octanol–water partition coefficient (Wildman–Crippen LogP) is 3.22. The number of anilines is 2. The molecule has 1 fully saturated rings. The third-order valence-electron chi connectivity index (χ3n) is 4.19. The van der Waals surface area contributed by atoms with Crippen molar-refractivity contribution in [3.05, 3.63) is 17.8 Å². The summed E-state index contributed by atoms with van der Waals surface area (Å²) in [4.78, 5) is 16.1. The van der Waals surface area contributed by atoms with Crippen LogP contribution in [0.4, 0.5) is 11.5 Å². The van der Waals surface area contributed by atoms with E-state index in [1.54, 1.807) is 13.0 Å². The first-order valence-corrected chi connectivity index (χ1v) is 7.70. The zero-order chi connectivity index (χ0) is 15.3. The van der Waals surface area contributed by atoms with Gasteiger partial charge in [0.2, 0.25) is 0 Å². The maximum atomic E-state index is 11.8. The van der Waals surface area contributed by atoms with Gasteiger partial charge in [0.25, 0.3) is 0 Å². The SMILES string of the molecule is CCOC(=O)c1cc(NCC2(C)CCCCC2)ncc1N. The molecule has 1 heterocycles. The molecule has 116 valence electrons. The Morgan fingerprint density at radius 1 is 1.43 bits per heavy atom. The minimum Gasteiger partial charge on any atom is -0.462 e. The zero-order valence-corrected chi connectivity index (χ0v) is 12.9. The number of pyridine rings is 1. The highest BCUT2D eigenvalue weighted by Crippen LogP contribution is 2.35. The van der Waals surface area contributed by atoms with Crippen LogP contribution in [0.25, 0.3) is 0 Å². The number of nitrogens with zero attached hydrogens (tertiary/aromatic N) is 1. The van der Waals surface area contributed by atoms with E-state index in [0.29, 0.717) is 29.1 Å². The lowest BCUT2D eigenvalue weighted by Gasteiger charge is -2.33. The highest BCUT2D eigenvalue weighted by molar-refractivity contribution is 5.95. The molecular formula is C16H25N3O2. The van der Waals surface area contributed by atoms with E-state index in [4.69, 9.17) is 10.5 Å². The lowest BCUT2D eigenvalue weighted by Crippen LogP contribution is -2.29. The van der Waals surface area contributed by atoms with Crippen LogP contribution in [0.2, 0.25) is 0 Å². The van der Waals surface area contributed by atoms with Gasteiger partial charge in [0.05, 0.1) is 24.1 Å². The molecule has 0 bridgehead atoms. The van der Waals surface area contributed by atoms with E-state index in [-0.39, 0.29) is 0 Å². The number of nitrogen functional groups attached to an aromatic ring is 1. The topological polar surface area (TPSA) is 77.2 Å². The Morgan fingerprint density at radius 2 is 2.14 bits per heavy atom. The maximum absolute atomic E-state index is 11.8. The summed E-state index contributed by atoms with van der Waals surface area (Å²) in [6.45, 7) is 5.29. The van der Waals surface area contributed by atoms with Crippen molar-refractivity contribution in [2.24, 2.45) is 5.41 Å². The van der Waals surface area contributed by atoms with E-state index in [1.165, 1.54) is 38.3 Å². The third-order valence-corrected chi connectivity index (χ3v) is 4.19. The van der Waals surface area contributed by atoms with Gasteiger partial charge < -0.3 is 15.8 Å². The van der Waals surface area contributed by atoms with Crippen molar-refractivity contribution >= 4 is 17.5 Å². The van der Waals surface area contributed by atoms with Gasteiger partial charge in [-0.15, -0.1) is 0 Å². The molecule has 5 heteroatoms. The number of aromatic nitrogens is 1. The number of nitrogens with two attached hydrogens (primary N) is 1. The Morgan fingerprint density at radius 3 is 2.81 bits per heavy atom. The van der Waals surface area contributed by atoms with Gasteiger partial charge in [-0.1, -0.05) is 26.2 Å². The van der Waals surface area contributed by atoms with E-state index in [9.17, 15) is 4.79 Å². The fourth-order valence-electron chi connectivity index (χ4n) is 2.83. The van der Waals surface area contributed by atoms with Crippen LogP contribution < -0.4 is 11.1 Å². The second kappa shape index (κ2) is 6.78. The maximum Gasteiger partial charge on any atom is 0.340 e. The Hall–Kier alpha value is -1.78. The molecule has 0 saturated heterocycles. The molecule has 2 rings (SSSR count). The number of rotatable bonds is 5. The Labute approximate surface area is 126 Å². The summed E-state index contributed by atoms with van der Waals surface area (Å²) in [5.41, 5.74) is 6.83. The Balaban J connectivity index is 2.03. The van der Waals surface area contributed by atoms with Crippen LogP contribution in [0.3, 0.4) is 0 Å². The number of hydrogen-bond acceptors (Lipinski definition) is 5. The Bertz CT molecular complexity index is 496. The summed E-state index contributed by atoms with van der Waals surface area (Å²) in [6, 6.07) is 1.68. The van der Waals surface area contributed by atoms with Gasteiger partial charge in [-0.3, -0.25) is 0 Å². The first-order chi connectivity index (χ1) is 10.0. The highest BCUT2D eigenvalue weighted by atomic mass is 16.5. The molecule has 0 aromatic carbocycles. The van der Waals surface area contributed by atoms with E-state index in [0.717, 1.165) is 6.54 Å². The molecule has 0 spiro atoms. The lowest BCUT2D eigenvalue weighted by atomic mass is 9.76.